The van der Waals surface area contributed by atoms with Gasteiger partial charge in [-0.25, -0.2) is 8.42 Å². The van der Waals surface area contributed by atoms with Crippen LogP contribution in [0.4, 0.5) is 0 Å². The van der Waals surface area contributed by atoms with Gasteiger partial charge in [0.25, 0.3) is 0 Å². The Morgan fingerprint density at radius 3 is 2.68 bits per heavy atom. The number of sulfonamides is 1. The molecule has 0 saturated carbocycles. The van der Waals surface area contributed by atoms with E-state index in [4.69, 9.17) is 9.15 Å². The van der Waals surface area contributed by atoms with Crippen LogP contribution in [0.2, 0.25) is 0 Å². The van der Waals surface area contributed by atoms with Gasteiger partial charge in [-0.1, -0.05) is 12.1 Å². The third-order valence-electron chi connectivity index (χ3n) is 3.50. The molecule has 3 rings (SSSR count). The molecule has 2 aromatic rings. The molecular weight excluding hydrogens is 304 g/mol. The van der Waals surface area contributed by atoms with Crippen LogP contribution in [-0.2, 0) is 10.0 Å². The number of para-hydroxylation sites is 1. The Bertz CT molecular complexity index is 797. The van der Waals surface area contributed by atoms with E-state index >= 15 is 0 Å². The first-order valence-corrected chi connectivity index (χ1v) is 8.59. The monoisotopic (exact) mass is 320 g/mol. The maximum Gasteiger partial charge on any atom is 0.247 e. The van der Waals surface area contributed by atoms with Crippen molar-refractivity contribution in [1.82, 2.24) is 4.41 Å². The summed E-state index contributed by atoms with van der Waals surface area (Å²) < 4.78 is 35.8. The molecule has 0 bridgehead atoms. The summed E-state index contributed by atoms with van der Waals surface area (Å²) in [6.07, 6.45) is 3.09. The minimum absolute atomic E-state index is 0.432. The Morgan fingerprint density at radius 2 is 2.05 bits per heavy atom. The van der Waals surface area contributed by atoms with Gasteiger partial charge in [-0.05, 0) is 24.3 Å². The van der Waals surface area contributed by atoms with Crippen molar-refractivity contribution in [3.8, 4) is 5.75 Å². The fraction of sp³-hybridized carbons (Fsp3) is 0.267. The highest BCUT2D eigenvalue weighted by Gasteiger charge is 2.36. The van der Waals surface area contributed by atoms with Gasteiger partial charge in [0.2, 0.25) is 10.0 Å². The lowest BCUT2D eigenvalue weighted by molar-refractivity contribution is 0.322. The van der Waals surface area contributed by atoms with E-state index in [0.717, 1.165) is 16.2 Å². The molecule has 1 aromatic carbocycles. The molecule has 0 fully saturated rings. The number of nitrogens with zero attached hydrogens (tertiary/aromatic N) is 2. The van der Waals surface area contributed by atoms with Crippen LogP contribution in [0.5, 0.6) is 5.75 Å². The highest BCUT2D eigenvalue weighted by molar-refractivity contribution is 7.88. The summed E-state index contributed by atoms with van der Waals surface area (Å²) in [4.78, 5) is 0. The first kappa shape index (κ1) is 14.6. The minimum Gasteiger partial charge on any atom is -0.496 e. The average Bonchev–Trinajstić information content (AvgIpc) is 3.15. The third kappa shape index (κ3) is 2.59. The average molecular weight is 320 g/mol. The first-order valence-electron chi connectivity index (χ1n) is 6.74. The summed E-state index contributed by atoms with van der Waals surface area (Å²) >= 11 is 0. The van der Waals surface area contributed by atoms with E-state index in [-0.39, 0.29) is 0 Å². The van der Waals surface area contributed by atoms with Crippen LogP contribution in [0, 0.1) is 0 Å². The molecule has 0 aliphatic carbocycles. The summed E-state index contributed by atoms with van der Waals surface area (Å²) in [5, 5.41) is 4.30. The van der Waals surface area contributed by atoms with Crippen molar-refractivity contribution in [2.75, 3.05) is 13.4 Å². The summed E-state index contributed by atoms with van der Waals surface area (Å²) in [6, 6.07) is 10.4. The van der Waals surface area contributed by atoms with Crippen molar-refractivity contribution in [2.24, 2.45) is 5.10 Å². The summed E-state index contributed by atoms with van der Waals surface area (Å²) in [7, 11) is -1.92. The molecule has 0 saturated heterocycles. The second kappa shape index (κ2) is 5.49. The van der Waals surface area contributed by atoms with Crippen LogP contribution in [0.1, 0.15) is 23.8 Å². The molecule has 7 heteroatoms. The topological polar surface area (TPSA) is 72.1 Å². The zero-order valence-corrected chi connectivity index (χ0v) is 13.1. The standard InChI is InChI=1S/C15H16N2O4S/c1-20-14-7-4-3-6-11(14)12-10-13(15-8-5-9-21-15)17(16-12)22(2,18)19/h3-9,13H,10H2,1-2H3/t13-/m0/s1. The molecule has 2 heterocycles. The van der Waals surface area contributed by atoms with Gasteiger partial charge < -0.3 is 9.15 Å². The molecular formula is C15H16N2O4S. The van der Waals surface area contributed by atoms with Gasteiger partial charge >= 0.3 is 0 Å². The molecule has 0 spiro atoms. The summed E-state index contributed by atoms with van der Waals surface area (Å²) in [5.41, 5.74) is 1.44. The van der Waals surface area contributed by atoms with E-state index in [0.29, 0.717) is 23.6 Å². The van der Waals surface area contributed by atoms with Crippen molar-refractivity contribution < 1.29 is 17.6 Å². The van der Waals surface area contributed by atoms with Crippen LogP contribution < -0.4 is 4.74 Å². The lowest BCUT2D eigenvalue weighted by Gasteiger charge is -2.18. The molecule has 0 amide bonds. The number of methoxy groups -OCH3 is 1. The van der Waals surface area contributed by atoms with Gasteiger partial charge in [-0.15, -0.1) is 0 Å². The fourth-order valence-corrected chi connectivity index (χ4v) is 3.42. The Labute approximate surface area is 129 Å². The third-order valence-corrected chi connectivity index (χ3v) is 4.52. The second-order valence-corrected chi connectivity index (χ2v) is 6.86. The highest BCUT2D eigenvalue weighted by atomic mass is 32.2. The molecule has 1 aliphatic heterocycles. The molecule has 1 atom stereocenters. The van der Waals surface area contributed by atoms with Crippen molar-refractivity contribution in [3.05, 3.63) is 54.0 Å². The molecule has 0 radical (unpaired) electrons. The predicted molar refractivity (Wildman–Crippen MR) is 82.3 cm³/mol. The zero-order chi connectivity index (χ0) is 15.7. The Balaban J connectivity index is 2.04. The van der Waals surface area contributed by atoms with Crippen molar-refractivity contribution in [2.45, 2.75) is 12.5 Å². The number of furan rings is 1. The van der Waals surface area contributed by atoms with Crippen LogP contribution in [0.3, 0.4) is 0 Å². The zero-order valence-electron chi connectivity index (χ0n) is 12.3. The Kier molecular flexibility index (Phi) is 3.66. The molecule has 6 nitrogen and oxygen atoms in total. The van der Waals surface area contributed by atoms with Crippen LogP contribution >= 0.6 is 0 Å². The Hall–Kier alpha value is -2.28. The lowest BCUT2D eigenvalue weighted by Crippen LogP contribution is -2.25. The molecule has 116 valence electrons. The molecule has 0 unspecified atom stereocenters. The van der Waals surface area contributed by atoms with Gasteiger partial charge in [-0.2, -0.15) is 9.52 Å². The van der Waals surface area contributed by atoms with E-state index in [1.165, 1.54) is 6.26 Å². The van der Waals surface area contributed by atoms with Crippen molar-refractivity contribution >= 4 is 15.7 Å². The van der Waals surface area contributed by atoms with Gasteiger partial charge in [0.1, 0.15) is 17.6 Å². The van der Waals surface area contributed by atoms with Gasteiger partial charge in [0, 0.05) is 12.0 Å². The van der Waals surface area contributed by atoms with Crippen molar-refractivity contribution in [3.63, 3.8) is 0 Å². The maximum absolute atomic E-state index is 12.0. The van der Waals surface area contributed by atoms with E-state index in [2.05, 4.69) is 5.10 Å². The van der Waals surface area contributed by atoms with E-state index in [1.54, 1.807) is 19.2 Å². The van der Waals surface area contributed by atoms with E-state index in [1.807, 2.05) is 24.3 Å². The highest BCUT2D eigenvalue weighted by Crippen LogP contribution is 2.36. The number of hydrazone groups is 1. The Morgan fingerprint density at radius 1 is 1.27 bits per heavy atom. The lowest BCUT2D eigenvalue weighted by atomic mass is 10.0. The van der Waals surface area contributed by atoms with Gasteiger partial charge in [-0.3, -0.25) is 0 Å². The maximum atomic E-state index is 12.0. The van der Waals surface area contributed by atoms with Gasteiger partial charge in [0.05, 0.1) is 25.3 Å². The first-order chi connectivity index (χ1) is 10.5. The summed E-state index contributed by atoms with van der Waals surface area (Å²) in [5.74, 6) is 1.23. The van der Waals surface area contributed by atoms with Crippen LogP contribution in [0.25, 0.3) is 0 Å². The number of ether oxygens (including phenoxy) is 1. The molecule has 22 heavy (non-hydrogen) atoms. The number of benzene rings is 1. The molecule has 1 aliphatic rings. The summed E-state index contributed by atoms with van der Waals surface area (Å²) in [6.45, 7) is 0. The minimum atomic E-state index is -3.49. The van der Waals surface area contributed by atoms with Crippen LogP contribution in [-0.4, -0.2) is 31.9 Å². The largest absolute Gasteiger partial charge is 0.496 e. The number of hydrogen-bond acceptors (Lipinski definition) is 5. The van der Waals surface area contributed by atoms with Crippen molar-refractivity contribution in [1.29, 1.82) is 0 Å². The van der Waals surface area contributed by atoms with E-state index in [9.17, 15) is 8.42 Å². The SMILES string of the molecule is COc1ccccc1C1=NN(S(C)(=O)=O)[C@H](c2ccco2)C1. The van der Waals surface area contributed by atoms with Crippen LogP contribution in [0.15, 0.2) is 52.2 Å². The predicted octanol–water partition coefficient (Wildman–Crippen LogP) is 2.40. The number of rotatable bonds is 4. The second-order valence-electron chi connectivity index (χ2n) is 5.02. The normalized spacial score (nSPS) is 18.4. The van der Waals surface area contributed by atoms with Gasteiger partial charge in [0.15, 0.2) is 0 Å². The number of hydrogen-bond donors (Lipinski definition) is 0. The molecule has 0 N–H and O–H groups in total. The molecule has 1 aromatic heterocycles. The smallest absolute Gasteiger partial charge is 0.247 e. The quantitative estimate of drug-likeness (QED) is 0.867. The fourth-order valence-electron chi connectivity index (χ4n) is 2.53. The van der Waals surface area contributed by atoms with E-state index < -0.39 is 16.1 Å².